The zero-order valence-corrected chi connectivity index (χ0v) is 17.2. The van der Waals surface area contributed by atoms with Gasteiger partial charge in [-0.15, -0.1) is 6.58 Å². The van der Waals surface area contributed by atoms with E-state index in [9.17, 15) is 10.1 Å². The van der Waals surface area contributed by atoms with Crippen LogP contribution in [0, 0.1) is 10.1 Å². The maximum atomic E-state index is 11.4. The Bertz CT molecular complexity index is 906. The highest BCUT2D eigenvalue weighted by Crippen LogP contribution is 2.25. The summed E-state index contributed by atoms with van der Waals surface area (Å²) in [6.07, 6.45) is -0.721. The maximum Gasteiger partial charge on any atom is 0.281 e. The number of nitrogens with zero attached hydrogens (tertiary/aromatic N) is 1. The van der Waals surface area contributed by atoms with E-state index >= 15 is 0 Å². The third-order valence-electron chi connectivity index (χ3n) is 4.82. The molecule has 0 saturated carbocycles. The number of benzene rings is 3. The number of hydrogen-bond acceptors (Lipinski definition) is 4. The largest absolute Gasteiger partial charge is 0.497 e. The monoisotopic (exact) mass is 405 g/mol. The summed E-state index contributed by atoms with van der Waals surface area (Å²) in [6, 6.07) is 26.9. The van der Waals surface area contributed by atoms with Gasteiger partial charge in [0.1, 0.15) is 11.9 Å². The molecule has 0 fully saturated rings. The van der Waals surface area contributed by atoms with Crippen molar-refractivity contribution < 1.29 is 14.1 Å². The molecule has 3 aromatic rings. The van der Waals surface area contributed by atoms with Gasteiger partial charge in [-0.25, -0.2) is 0 Å². The summed E-state index contributed by atoms with van der Waals surface area (Å²) in [7, 11) is -1.34. The lowest BCUT2D eigenvalue weighted by molar-refractivity contribution is -0.490. The van der Waals surface area contributed by atoms with E-state index in [0.717, 1.165) is 15.9 Å². The van der Waals surface area contributed by atoms with Crippen LogP contribution in [-0.2, 0) is 4.43 Å². The molecule has 0 bridgehead atoms. The van der Waals surface area contributed by atoms with Crippen molar-refractivity contribution in [2.45, 2.75) is 6.10 Å². The van der Waals surface area contributed by atoms with Gasteiger partial charge in [-0.1, -0.05) is 78.5 Å². The average molecular weight is 406 g/mol. The number of ether oxygens (including phenoxy) is 1. The highest BCUT2D eigenvalue weighted by molar-refractivity contribution is 7.01. The number of hydrogen-bond donors (Lipinski definition) is 0. The van der Waals surface area contributed by atoms with Crippen molar-refractivity contribution in [1.82, 2.24) is 0 Å². The first-order valence-corrected chi connectivity index (χ1v) is 11.3. The van der Waals surface area contributed by atoms with Crippen LogP contribution >= 0.6 is 0 Å². The molecule has 0 aliphatic heterocycles. The quantitative estimate of drug-likeness (QED) is 0.310. The van der Waals surface area contributed by atoms with Crippen LogP contribution in [-0.4, -0.2) is 26.9 Å². The molecule has 0 aliphatic rings. The van der Waals surface area contributed by atoms with E-state index in [1.165, 1.54) is 0 Å². The molecule has 0 radical (unpaired) electrons. The fraction of sp³-hybridized carbons (Fsp3) is 0.130. The second-order valence-electron chi connectivity index (χ2n) is 6.57. The van der Waals surface area contributed by atoms with Crippen LogP contribution in [0.25, 0.3) is 0 Å². The fourth-order valence-electron chi connectivity index (χ4n) is 3.35. The molecule has 5 nitrogen and oxygen atoms in total. The molecule has 0 aliphatic carbocycles. The summed E-state index contributed by atoms with van der Waals surface area (Å²) in [5.74, 6) is 0.687. The van der Waals surface area contributed by atoms with E-state index in [-0.39, 0.29) is 11.5 Å². The third kappa shape index (κ3) is 4.61. The third-order valence-corrected chi connectivity index (χ3v) is 8.44. The first kappa shape index (κ1) is 20.5. The van der Waals surface area contributed by atoms with Gasteiger partial charge in [0.15, 0.2) is 0 Å². The van der Waals surface area contributed by atoms with Gasteiger partial charge in [0.25, 0.3) is 8.32 Å². The van der Waals surface area contributed by atoms with Crippen molar-refractivity contribution in [2.75, 3.05) is 13.7 Å². The van der Waals surface area contributed by atoms with E-state index in [1.54, 1.807) is 19.2 Å². The minimum atomic E-state index is -2.93. The lowest BCUT2D eigenvalue weighted by Crippen LogP contribution is -2.60. The van der Waals surface area contributed by atoms with Crippen LogP contribution < -0.4 is 15.1 Å². The SMILES string of the molecule is C=C[Si](OC(C[N+](=O)[O-])c1ccc(OC)cc1)(c1ccccc1)c1ccccc1. The molecular formula is C23H23NO4Si. The molecule has 1 atom stereocenters. The summed E-state index contributed by atoms with van der Waals surface area (Å²) in [5.41, 5.74) is 2.57. The molecule has 29 heavy (non-hydrogen) atoms. The Morgan fingerprint density at radius 3 is 1.90 bits per heavy atom. The van der Waals surface area contributed by atoms with Crippen LogP contribution in [0.15, 0.2) is 97.2 Å². The van der Waals surface area contributed by atoms with Crippen LogP contribution in [0.3, 0.4) is 0 Å². The molecule has 1 unspecified atom stereocenters. The smallest absolute Gasteiger partial charge is 0.281 e. The lowest BCUT2D eigenvalue weighted by Gasteiger charge is -2.32. The standard InChI is InChI=1S/C23H23NO4Si/c1-3-29(21-10-6-4-7-11-21,22-12-8-5-9-13-22)28-23(18-24(25)26)19-14-16-20(27-2)17-15-19/h3-17,23H,1,18H2,2H3. The van der Waals surface area contributed by atoms with E-state index in [4.69, 9.17) is 9.16 Å². The lowest BCUT2D eigenvalue weighted by atomic mass is 10.1. The zero-order valence-electron chi connectivity index (χ0n) is 16.2. The van der Waals surface area contributed by atoms with E-state index in [2.05, 4.69) is 6.58 Å². The van der Waals surface area contributed by atoms with Crippen LogP contribution in [0.2, 0.25) is 0 Å². The average Bonchev–Trinajstić information content (AvgIpc) is 2.78. The topological polar surface area (TPSA) is 61.6 Å². The highest BCUT2D eigenvalue weighted by Gasteiger charge is 2.40. The van der Waals surface area contributed by atoms with E-state index in [1.807, 2.05) is 78.5 Å². The molecule has 0 spiro atoms. The molecule has 0 amide bonds. The van der Waals surface area contributed by atoms with Crippen LogP contribution in [0.1, 0.15) is 11.7 Å². The summed E-state index contributed by atoms with van der Waals surface area (Å²) in [6.45, 7) is 3.75. The molecule has 0 aromatic heterocycles. The van der Waals surface area contributed by atoms with Gasteiger partial charge in [-0.05, 0) is 28.1 Å². The van der Waals surface area contributed by atoms with Crippen molar-refractivity contribution in [3.63, 3.8) is 0 Å². The summed E-state index contributed by atoms with van der Waals surface area (Å²) in [5, 5.41) is 13.4. The van der Waals surface area contributed by atoms with E-state index in [0.29, 0.717) is 5.75 Å². The normalized spacial score (nSPS) is 12.2. The van der Waals surface area contributed by atoms with Crippen LogP contribution in [0.4, 0.5) is 0 Å². The second kappa shape index (κ2) is 9.32. The first-order valence-electron chi connectivity index (χ1n) is 9.27. The molecule has 3 aromatic carbocycles. The predicted molar refractivity (Wildman–Crippen MR) is 117 cm³/mol. The fourth-order valence-corrected chi connectivity index (χ4v) is 6.55. The Hall–Kier alpha value is -3.22. The highest BCUT2D eigenvalue weighted by atomic mass is 28.4. The van der Waals surface area contributed by atoms with Crippen molar-refractivity contribution in [3.05, 3.63) is 113 Å². The summed E-state index contributed by atoms with van der Waals surface area (Å²) in [4.78, 5) is 11.1. The zero-order chi connectivity index (χ0) is 20.7. The second-order valence-corrected chi connectivity index (χ2v) is 9.84. The summed E-state index contributed by atoms with van der Waals surface area (Å²) < 4.78 is 11.9. The number of nitro groups is 1. The molecule has 6 heteroatoms. The Balaban J connectivity index is 2.10. The van der Waals surface area contributed by atoms with Gasteiger partial charge < -0.3 is 9.16 Å². The van der Waals surface area contributed by atoms with Gasteiger partial charge in [-0.3, -0.25) is 10.1 Å². The number of methoxy groups -OCH3 is 1. The minimum Gasteiger partial charge on any atom is -0.497 e. The molecule has 0 N–H and O–H groups in total. The number of rotatable bonds is 9. The molecule has 148 valence electrons. The minimum absolute atomic E-state index is 0.339. The maximum absolute atomic E-state index is 11.4. The van der Waals surface area contributed by atoms with Crippen molar-refractivity contribution >= 4 is 18.7 Å². The Morgan fingerprint density at radius 2 is 1.48 bits per heavy atom. The van der Waals surface area contributed by atoms with Gasteiger partial charge >= 0.3 is 0 Å². The van der Waals surface area contributed by atoms with Gasteiger partial charge in [-0.2, -0.15) is 0 Å². The molecule has 0 heterocycles. The molecule has 0 saturated heterocycles. The Labute approximate surface area is 171 Å². The van der Waals surface area contributed by atoms with Crippen molar-refractivity contribution in [1.29, 1.82) is 0 Å². The molecule has 3 rings (SSSR count). The van der Waals surface area contributed by atoms with E-state index < -0.39 is 14.4 Å². The predicted octanol–water partition coefficient (Wildman–Crippen LogP) is 3.51. The van der Waals surface area contributed by atoms with Crippen molar-refractivity contribution in [2.24, 2.45) is 0 Å². The van der Waals surface area contributed by atoms with Crippen molar-refractivity contribution in [3.8, 4) is 5.75 Å². The Kier molecular flexibility index (Phi) is 6.59. The van der Waals surface area contributed by atoms with Crippen LogP contribution in [0.5, 0.6) is 5.75 Å². The Morgan fingerprint density at radius 1 is 0.966 bits per heavy atom. The first-order chi connectivity index (χ1) is 14.1. The van der Waals surface area contributed by atoms with Gasteiger partial charge in [0.2, 0.25) is 6.54 Å². The van der Waals surface area contributed by atoms with Gasteiger partial charge in [0, 0.05) is 4.92 Å². The van der Waals surface area contributed by atoms with Gasteiger partial charge in [0.05, 0.1) is 7.11 Å². The summed E-state index contributed by atoms with van der Waals surface area (Å²) >= 11 is 0. The molecular weight excluding hydrogens is 382 g/mol.